The number of piperidine rings is 1. The number of halogens is 1. The molecule has 4 nitrogen and oxygen atoms in total. The summed E-state index contributed by atoms with van der Waals surface area (Å²) in [4.78, 5) is 25.7. The van der Waals surface area contributed by atoms with Gasteiger partial charge in [-0.2, -0.15) is 0 Å². The number of ketones is 1. The number of hydrogen-bond donors (Lipinski definition) is 0. The van der Waals surface area contributed by atoms with E-state index >= 15 is 0 Å². The van der Waals surface area contributed by atoms with Gasteiger partial charge >= 0.3 is 6.09 Å². The number of benzene rings is 1. The molecule has 2 rings (SSSR count). The lowest BCUT2D eigenvalue weighted by Gasteiger charge is -2.36. The summed E-state index contributed by atoms with van der Waals surface area (Å²) in [5.74, 6) is 0.236. The number of hydrogen-bond acceptors (Lipinski definition) is 3. The Morgan fingerprint density at radius 3 is 2.71 bits per heavy atom. The summed E-state index contributed by atoms with van der Waals surface area (Å²) in [7, 11) is 0. The minimum Gasteiger partial charge on any atom is -0.445 e. The van der Waals surface area contributed by atoms with Gasteiger partial charge in [-0.15, -0.1) is 11.6 Å². The van der Waals surface area contributed by atoms with Crippen molar-refractivity contribution in [1.82, 2.24) is 4.90 Å². The third-order valence-corrected chi connectivity index (χ3v) is 4.07. The maximum Gasteiger partial charge on any atom is 0.410 e. The van der Waals surface area contributed by atoms with Gasteiger partial charge in [-0.3, -0.25) is 9.69 Å². The van der Waals surface area contributed by atoms with Crippen LogP contribution >= 0.6 is 11.6 Å². The van der Waals surface area contributed by atoms with E-state index in [9.17, 15) is 9.59 Å². The van der Waals surface area contributed by atoms with Crippen LogP contribution in [0.2, 0.25) is 0 Å². The van der Waals surface area contributed by atoms with Gasteiger partial charge in [-0.25, -0.2) is 4.79 Å². The molecule has 1 aromatic rings. The molecular formula is C16H20ClNO3. The summed E-state index contributed by atoms with van der Waals surface area (Å²) >= 11 is 5.65. The minimum absolute atomic E-state index is 0.0696. The summed E-state index contributed by atoms with van der Waals surface area (Å²) in [6.07, 6.45) is 1.10. The molecule has 1 heterocycles. The Morgan fingerprint density at radius 2 is 2.05 bits per heavy atom. The van der Waals surface area contributed by atoms with Crippen LogP contribution in [0.4, 0.5) is 4.79 Å². The Balaban J connectivity index is 1.97. The smallest absolute Gasteiger partial charge is 0.410 e. The lowest BCUT2D eigenvalue weighted by atomic mass is 9.91. The van der Waals surface area contributed by atoms with E-state index in [-0.39, 0.29) is 18.3 Å². The number of likely N-dealkylation sites (tertiary alicyclic amines) is 1. The number of rotatable bonds is 4. The van der Waals surface area contributed by atoms with Crippen molar-refractivity contribution in [3.8, 4) is 0 Å². The third kappa shape index (κ3) is 4.21. The Morgan fingerprint density at radius 1 is 1.33 bits per heavy atom. The number of Topliss-reactive ketones (excluding diaryl/α,β-unsaturated/α-hetero) is 1. The van der Waals surface area contributed by atoms with E-state index in [1.165, 1.54) is 4.90 Å². The van der Waals surface area contributed by atoms with Gasteiger partial charge in [0, 0.05) is 6.54 Å². The van der Waals surface area contributed by atoms with Gasteiger partial charge in [-0.05, 0) is 24.3 Å². The maximum absolute atomic E-state index is 12.2. The van der Waals surface area contributed by atoms with Gasteiger partial charge in [0.2, 0.25) is 0 Å². The van der Waals surface area contributed by atoms with E-state index in [1.54, 1.807) is 0 Å². The molecule has 1 amide bonds. The first-order valence-corrected chi connectivity index (χ1v) is 7.71. The first kappa shape index (κ1) is 15.8. The highest BCUT2D eigenvalue weighted by atomic mass is 35.5. The van der Waals surface area contributed by atoms with Crippen molar-refractivity contribution < 1.29 is 14.3 Å². The summed E-state index contributed by atoms with van der Waals surface area (Å²) in [5.41, 5.74) is 0.927. The van der Waals surface area contributed by atoms with Gasteiger partial charge in [-0.1, -0.05) is 37.3 Å². The van der Waals surface area contributed by atoms with Crippen molar-refractivity contribution in [3.63, 3.8) is 0 Å². The molecule has 0 saturated carbocycles. The van der Waals surface area contributed by atoms with Gasteiger partial charge in [0.25, 0.3) is 0 Å². The van der Waals surface area contributed by atoms with E-state index in [4.69, 9.17) is 16.3 Å². The highest BCUT2D eigenvalue weighted by molar-refractivity contribution is 6.28. The number of carbonyl (C=O) groups is 2. The second-order valence-electron chi connectivity index (χ2n) is 5.48. The number of nitrogens with zero attached hydrogens (tertiary/aromatic N) is 1. The molecule has 1 aliphatic rings. The van der Waals surface area contributed by atoms with Crippen LogP contribution in [0.1, 0.15) is 25.3 Å². The molecule has 0 spiro atoms. The highest BCUT2D eigenvalue weighted by Crippen LogP contribution is 2.24. The van der Waals surface area contributed by atoms with Gasteiger partial charge in [0.1, 0.15) is 6.61 Å². The van der Waals surface area contributed by atoms with Crippen LogP contribution in [0, 0.1) is 5.92 Å². The molecule has 114 valence electrons. The molecule has 1 fully saturated rings. The first-order valence-electron chi connectivity index (χ1n) is 7.17. The van der Waals surface area contributed by atoms with Crippen molar-refractivity contribution in [1.29, 1.82) is 0 Å². The molecule has 21 heavy (non-hydrogen) atoms. The molecule has 0 N–H and O–H groups in total. The van der Waals surface area contributed by atoms with Crippen LogP contribution in [0.3, 0.4) is 0 Å². The van der Waals surface area contributed by atoms with Crippen LogP contribution in [0.25, 0.3) is 0 Å². The molecule has 0 bridgehead atoms. The molecule has 1 aromatic carbocycles. The first-order chi connectivity index (χ1) is 10.1. The molecule has 2 unspecified atom stereocenters. The van der Waals surface area contributed by atoms with E-state index in [0.29, 0.717) is 18.9 Å². The predicted octanol–water partition coefficient (Wildman–Crippen LogP) is 3.23. The molecule has 0 aromatic heterocycles. The van der Waals surface area contributed by atoms with Crippen LogP contribution in [0.15, 0.2) is 30.3 Å². The largest absolute Gasteiger partial charge is 0.445 e. The quantitative estimate of drug-likeness (QED) is 0.802. The Kier molecular flexibility index (Phi) is 5.62. The molecule has 0 aliphatic carbocycles. The van der Waals surface area contributed by atoms with Crippen molar-refractivity contribution >= 4 is 23.5 Å². The standard InChI is InChI=1S/C16H20ClNO3/c1-12-7-8-18(14(9-12)15(19)10-17)16(20)21-11-13-5-3-2-4-6-13/h2-6,12,14H,7-11H2,1H3. The summed E-state index contributed by atoms with van der Waals surface area (Å²) in [6.45, 7) is 2.84. The molecule has 2 atom stereocenters. The average Bonchev–Trinajstić information content (AvgIpc) is 2.52. The zero-order chi connectivity index (χ0) is 15.2. The summed E-state index contributed by atoms with van der Waals surface area (Å²) < 4.78 is 5.32. The fourth-order valence-electron chi connectivity index (χ4n) is 2.56. The minimum atomic E-state index is -0.450. The Labute approximate surface area is 130 Å². The normalized spacial score (nSPS) is 21.9. The zero-order valence-corrected chi connectivity index (χ0v) is 12.9. The number of alkyl halides is 1. The third-order valence-electron chi connectivity index (χ3n) is 3.81. The fourth-order valence-corrected chi connectivity index (χ4v) is 2.73. The molecule has 5 heteroatoms. The van der Waals surface area contributed by atoms with Crippen LogP contribution in [-0.4, -0.2) is 35.2 Å². The van der Waals surface area contributed by atoms with Crippen molar-refractivity contribution in [2.24, 2.45) is 5.92 Å². The van der Waals surface area contributed by atoms with E-state index < -0.39 is 12.1 Å². The number of carbonyl (C=O) groups excluding carboxylic acids is 2. The predicted molar refractivity (Wildman–Crippen MR) is 81.2 cm³/mol. The summed E-state index contributed by atoms with van der Waals surface area (Å²) in [5, 5.41) is 0. The average molecular weight is 310 g/mol. The van der Waals surface area contributed by atoms with Gasteiger partial charge in [0.15, 0.2) is 5.78 Å². The molecule has 1 saturated heterocycles. The van der Waals surface area contributed by atoms with Crippen molar-refractivity contribution in [3.05, 3.63) is 35.9 Å². The SMILES string of the molecule is CC1CCN(C(=O)OCc2ccccc2)C(C(=O)CCl)C1. The number of ether oxygens (including phenoxy) is 1. The number of amides is 1. The zero-order valence-electron chi connectivity index (χ0n) is 12.1. The highest BCUT2D eigenvalue weighted by Gasteiger charge is 2.35. The molecular weight excluding hydrogens is 290 g/mol. The summed E-state index contributed by atoms with van der Waals surface area (Å²) in [6, 6.07) is 9.04. The van der Waals surface area contributed by atoms with Gasteiger partial charge < -0.3 is 4.74 Å². The second-order valence-corrected chi connectivity index (χ2v) is 5.75. The lowest BCUT2D eigenvalue weighted by Crippen LogP contribution is -2.50. The van der Waals surface area contributed by atoms with Gasteiger partial charge in [0.05, 0.1) is 11.9 Å². The Hall–Kier alpha value is -1.55. The monoisotopic (exact) mass is 309 g/mol. The van der Waals surface area contributed by atoms with Crippen LogP contribution in [0.5, 0.6) is 0 Å². The van der Waals surface area contributed by atoms with Crippen LogP contribution in [-0.2, 0) is 16.1 Å². The maximum atomic E-state index is 12.2. The van der Waals surface area contributed by atoms with Crippen molar-refractivity contribution in [2.75, 3.05) is 12.4 Å². The van der Waals surface area contributed by atoms with Crippen LogP contribution < -0.4 is 0 Å². The topological polar surface area (TPSA) is 46.6 Å². The Bertz CT molecular complexity index is 492. The van der Waals surface area contributed by atoms with E-state index in [2.05, 4.69) is 6.92 Å². The lowest BCUT2D eigenvalue weighted by molar-refractivity contribution is -0.123. The second kappa shape index (κ2) is 7.46. The molecule has 0 radical (unpaired) electrons. The van der Waals surface area contributed by atoms with Crippen molar-refractivity contribution in [2.45, 2.75) is 32.4 Å². The van der Waals surface area contributed by atoms with E-state index in [0.717, 1.165) is 12.0 Å². The van der Waals surface area contributed by atoms with E-state index in [1.807, 2.05) is 30.3 Å². The molecule has 1 aliphatic heterocycles. The fraction of sp³-hybridized carbons (Fsp3) is 0.500.